The number of aryl methyl sites for hydroxylation is 1. The van der Waals surface area contributed by atoms with E-state index in [-0.39, 0.29) is 41.8 Å². The molecular weight excluding hydrogens is 771 g/mol. The van der Waals surface area contributed by atoms with Crippen molar-refractivity contribution in [2.24, 2.45) is 40.0 Å². The number of rotatable bonds is 14. The number of aliphatic imine (C=N–C) groups is 1. The van der Waals surface area contributed by atoms with E-state index in [1.165, 1.54) is 24.0 Å². The molecule has 330 valence electrons. The number of carbonyl (C=O) groups is 3. The summed E-state index contributed by atoms with van der Waals surface area (Å²) in [4.78, 5) is 44.9. The third-order valence-electron chi connectivity index (χ3n) is 16.4. The van der Waals surface area contributed by atoms with Gasteiger partial charge in [0, 0.05) is 74.5 Å². The van der Waals surface area contributed by atoms with Gasteiger partial charge in [-0.25, -0.2) is 0 Å². The molecule has 0 radical (unpaired) electrons. The molecule has 4 aliphatic carbocycles. The largest absolute Gasteiger partial charge is 0.677 e. The maximum Gasteiger partial charge on any atom is 0.677 e. The van der Waals surface area contributed by atoms with Gasteiger partial charge in [-0.1, -0.05) is 38.3 Å². The molecule has 1 aromatic rings. The van der Waals surface area contributed by atoms with Gasteiger partial charge in [0.25, 0.3) is 0 Å². The van der Waals surface area contributed by atoms with Gasteiger partial charge in [0.2, 0.25) is 11.8 Å². The van der Waals surface area contributed by atoms with Crippen molar-refractivity contribution in [1.29, 1.82) is 0 Å². The van der Waals surface area contributed by atoms with Gasteiger partial charge in [-0.05, 0) is 156 Å². The minimum Gasteiger partial charge on any atom is -0.365 e. The Bertz CT molecular complexity index is 2050. The summed E-state index contributed by atoms with van der Waals surface area (Å²) in [6.07, 6.45) is 17.4. The van der Waals surface area contributed by atoms with Crippen molar-refractivity contribution < 1.29 is 27.8 Å². The normalized spacial score (nSPS) is 33.8. The molecule has 0 bridgehead atoms. The number of nitrogens with zero attached hydrogens (tertiary/aromatic N) is 3. The van der Waals surface area contributed by atoms with E-state index >= 15 is 0 Å². The Balaban J connectivity index is 0.765. The molecule has 1 spiro atoms. The highest BCUT2D eigenvalue weighted by Gasteiger charge is 2.61. The molecule has 4 fully saturated rings. The van der Waals surface area contributed by atoms with E-state index in [1.807, 2.05) is 26.0 Å². The number of aromatic nitrogens is 1. The molecule has 2 saturated carbocycles. The number of unbranched alkanes of at least 4 members (excludes halogenated alkanes) is 2. The van der Waals surface area contributed by atoms with E-state index in [9.17, 15) is 23.0 Å². The third-order valence-corrected chi connectivity index (χ3v) is 16.4. The molecule has 2 N–H and O–H groups in total. The number of carbonyl (C=O) groups excluding carboxylic acids is 3. The van der Waals surface area contributed by atoms with Crippen molar-refractivity contribution in [3.05, 3.63) is 63.7 Å². The molecule has 9 unspecified atom stereocenters. The van der Waals surface area contributed by atoms with E-state index in [0.29, 0.717) is 78.5 Å². The lowest BCUT2D eigenvalue weighted by molar-refractivity contribution is -0.122. The fourth-order valence-electron chi connectivity index (χ4n) is 13.3. The van der Waals surface area contributed by atoms with Crippen molar-refractivity contribution in [3.8, 4) is 0 Å². The third kappa shape index (κ3) is 8.58. The summed E-state index contributed by atoms with van der Waals surface area (Å²) < 4.78 is 36.4. The van der Waals surface area contributed by atoms with E-state index < -0.39 is 7.40 Å². The van der Waals surface area contributed by atoms with Crippen LogP contribution in [-0.4, -0.2) is 84.0 Å². The number of halogens is 2. The summed E-state index contributed by atoms with van der Waals surface area (Å²) in [6, 6.07) is 3.65. The Kier molecular flexibility index (Phi) is 12.9. The summed E-state index contributed by atoms with van der Waals surface area (Å²) >= 11 is 0. The Hall–Kier alpha value is -3.64. The van der Waals surface area contributed by atoms with Gasteiger partial charge in [0.1, 0.15) is 0 Å². The van der Waals surface area contributed by atoms with Crippen LogP contribution in [0.4, 0.5) is 8.63 Å². The predicted octanol–water partition coefficient (Wildman–Crippen LogP) is 8.68. The molecule has 9 atom stereocenters. The minimum atomic E-state index is -2.72. The predicted molar refractivity (Wildman–Crippen MR) is 238 cm³/mol. The van der Waals surface area contributed by atoms with Crippen LogP contribution in [0.15, 0.2) is 57.3 Å². The number of hydrogen-bond acceptors (Lipinski definition) is 6. The Labute approximate surface area is 362 Å². The summed E-state index contributed by atoms with van der Waals surface area (Å²) in [5, 5.41) is 6.11. The maximum atomic E-state index is 14.0. The average molecular weight is 840 g/mol. The highest BCUT2D eigenvalue weighted by Crippen LogP contribution is 2.65. The SMILES string of the molecule is CC1=CC(C)=N/C1=C\c1ccc(CCC(=O)NCCCCCC(=O)NCCN2CC(C)CC3OC4(CCC5C(=C4C)CC4C5CCC5=CC(=O)CCC54C)C(C)C32)n1B(F)F. The van der Waals surface area contributed by atoms with E-state index in [1.54, 1.807) is 23.8 Å². The Morgan fingerprint density at radius 1 is 1.00 bits per heavy atom. The second-order valence-corrected chi connectivity index (χ2v) is 20.0. The number of ketones is 1. The zero-order chi connectivity index (χ0) is 43.2. The molecule has 8 rings (SSSR count). The molecule has 2 amide bonds. The number of likely N-dealkylation sites (tertiary alicyclic amines) is 1. The first-order valence-corrected chi connectivity index (χ1v) is 23.5. The number of allylic oxidation sites excluding steroid dienone is 5. The summed E-state index contributed by atoms with van der Waals surface area (Å²) in [6.45, 7) is 16.4. The van der Waals surface area contributed by atoms with Crippen LogP contribution in [0, 0.1) is 35.0 Å². The molecular formula is C49H68BF2N5O4. The standard InChI is InChI=1S/C49H68BF2N5O4/c1-30-24-44-47(34(5)49(61-44)20-18-39-40-15-11-35-26-38(58)17-19-48(35,6)42(40)28-41(39)33(49)4)56(29-30)23-22-54-45(59)10-8-7-9-21-53-46(60)16-14-36-12-13-37(57(36)50(51)52)27-43-31(2)25-32(3)55-43/h12-13,25-27,30,34,39-40,42,44,47H,7-11,14-24,28-29H2,1-6H3,(H,53,60)(H,54,59)/b43-27-. The first kappa shape index (κ1) is 44.0. The van der Waals surface area contributed by atoms with Gasteiger partial charge in [0.15, 0.2) is 5.78 Å². The van der Waals surface area contributed by atoms with Gasteiger partial charge in [-0.2, -0.15) is 0 Å². The quantitative estimate of drug-likeness (QED) is 0.111. The number of hydrogen-bond donors (Lipinski definition) is 2. The monoisotopic (exact) mass is 840 g/mol. The molecule has 3 aliphatic heterocycles. The molecule has 7 aliphatic rings. The molecule has 9 nitrogen and oxygen atoms in total. The second kappa shape index (κ2) is 17.9. The van der Waals surface area contributed by atoms with Crippen molar-refractivity contribution in [3.63, 3.8) is 0 Å². The Morgan fingerprint density at radius 2 is 1.79 bits per heavy atom. The summed E-state index contributed by atoms with van der Waals surface area (Å²) in [5.74, 6) is 3.12. The Morgan fingerprint density at radius 3 is 2.56 bits per heavy atom. The highest BCUT2D eigenvalue weighted by molar-refractivity contribution is 6.41. The van der Waals surface area contributed by atoms with Gasteiger partial charge in [-0.15, -0.1) is 0 Å². The lowest BCUT2D eigenvalue weighted by atomic mass is 9.56. The molecule has 12 heteroatoms. The van der Waals surface area contributed by atoms with E-state index in [0.717, 1.165) is 86.1 Å². The van der Waals surface area contributed by atoms with Gasteiger partial charge >= 0.3 is 7.40 Å². The van der Waals surface area contributed by atoms with Crippen LogP contribution in [0.25, 0.3) is 6.08 Å². The summed E-state index contributed by atoms with van der Waals surface area (Å²) in [5.41, 5.74) is 7.79. The van der Waals surface area contributed by atoms with Crippen LogP contribution in [0.2, 0.25) is 0 Å². The zero-order valence-corrected chi connectivity index (χ0v) is 37.5. The molecule has 61 heavy (non-hydrogen) atoms. The molecule has 2 saturated heterocycles. The van der Waals surface area contributed by atoms with Crippen LogP contribution in [0.1, 0.15) is 136 Å². The molecule has 4 heterocycles. The second-order valence-electron chi connectivity index (χ2n) is 20.0. The maximum absolute atomic E-state index is 14.0. The van der Waals surface area contributed by atoms with E-state index in [4.69, 9.17) is 4.74 Å². The van der Waals surface area contributed by atoms with Crippen LogP contribution < -0.4 is 10.6 Å². The smallest absolute Gasteiger partial charge is 0.365 e. The van der Waals surface area contributed by atoms with Crippen molar-refractivity contribution in [2.45, 2.75) is 149 Å². The zero-order valence-electron chi connectivity index (χ0n) is 37.5. The first-order valence-electron chi connectivity index (χ1n) is 23.5. The topological polar surface area (TPSA) is 105 Å². The van der Waals surface area contributed by atoms with Gasteiger partial charge in [-0.3, -0.25) is 32.9 Å². The molecule has 0 aromatic carbocycles. The van der Waals surface area contributed by atoms with Crippen LogP contribution in [0.3, 0.4) is 0 Å². The number of amides is 2. The lowest BCUT2D eigenvalue weighted by Crippen LogP contribution is -2.54. The van der Waals surface area contributed by atoms with Crippen LogP contribution >= 0.6 is 0 Å². The van der Waals surface area contributed by atoms with Crippen molar-refractivity contribution in [1.82, 2.24) is 20.0 Å². The number of nitrogens with one attached hydrogen (secondary N) is 2. The van der Waals surface area contributed by atoms with Crippen LogP contribution in [0.5, 0.6) is 0 Å². The van der Waals surface area contributed by atoms with Gasteiger partial charge < -0.3 is 19.8 Å². The van der Waals surface area contributed by atoms with Crippen LogP contribution in [-0.2, 0) is 25.5 Å². The summed E-state index contributed by atoms with van der Waals surface area (Å²) in [7, 11) is -2.72. The number of piperidine rings is 1. The molecule has 1 aromatic heterocycles. The number of ether oxygens (including phenoxy) is 1. The minimum absolute atomic E-state index is 0.0616. The fourth-order valence-corrected chi connectivity index (χ4v) is 13.3. The highest BCUT2D eigenvalue weighted by atomic mass is 19.2. The van der Waals surface area contributed by atoms with Crippen molar-refractivity contribution >= 4 is 36.8 Å². The fraction of sp³-hybridized carbons (Fsp3) is 0.673. The lowest BCUT2D eigenvalue weighted by Gasteiger charge is -2.48. The van der Waals surface area contributed by atoms with Gasteiger partial charge in [0.05, 0.1) is 17.4 Å². The number of fused-ring (bicyclic) bond motifs is 6. The van der Waals surface area contributed by atoms with E-state index in [2.05, 4.69) is 48.2 Å². The first-order chi connectivity index (χ1) is 29.2. The van der Waals surface area contributed by atoms with Crippen molar-refractivity contribution in [2.75, 3.05) is 26.2 Å². The average Bonchev–Trinajstić information content (AvgIpc) is 3.96.